The monoisotopic (exact) mass is 362 g/mol. The summed E-state index contributed by atoms with van der Waals surface area (Å²) in [6, 6.07) is 4.83. The first-order valence-electron chi connectivity index (χ1n) is 7.41. The number of aromatic nitrogens is 2. The summed E-state index contributed by atoms with van der Waals surface area (Å²) >= 11 is 0. The van der Waals surface area contributed by atoms with E-state index in [0.29, 0.717) is 17.5 Å². The predicted molar refractivity (Wildman–Crippen MR) is 76.0 cm³/mol. The van der Waals surface area contributed by atoms with E-state index in [1.54, 1.807) is 0 Å². The highest BCUT2D eigenvalue weighted by Crippen LogP contribution is 2.40. The fourth-order valence-electron chi connectivity index (χ4n) is 2.47. The van der Waals surface area contributed by atoms with Gasteiger partial charge in [0.25, 0.3) is 5.56 Å². The minimum Gasteiger partial charge on any atom is -0.267 e. The Kier molecular flexibility index (Phi) is 4.12. The van der Waals surface area contributed by atoms with Gasteiger partial charge in [0.15, 0.2) is 0 Å². The standard InChI is InChI=1S/C16H12F6N2O/c17-15(18,19)11-3-1-2-9(6-11)8-24-14(25)12(16(20,21)22)7-13(23-24)10-4-5-10/h1-3,6-7,10H,4-5,8H2. The van der Waals surface area contributed by atoms with Crippen molar-refractivity contribution >= 4 is 0 Å². The molecular formula is C16H12F6N2O. The van der Waals surface area contributed by atoms with E-state index in [2.05, 4.69) is 5.10 Å². The molecule has 0 radical (unpaired) electrons. The molecule has 3 nitrogen and oxygen atoms in total. The van der Waals surface area contributed by atoms with Gasteiger partial charge < -0.3 is 0 Å². The van der Waals surface area contributed by atoms with Crippen molar-refractivity contribution in [1.29, 1.82) is 0 Å². The second-order valence-electron chi connectivity index (χ2n) is 5.92. The van der Waals surface area contributed by atoms with Crippen LogP contribution in [0.25, 0.3) is 0 Å². The molecule has 0 N–H and O–H groups in total. The Balaban J connectivity index is 2.03. The highest BCUT2D eigenvalue weighted by molar-refractivity contribution is 5.27. The number of hydrogen-bond acceptors (Lipinski definition) is 2. The molecule has 1 aliphatic rings. The lowest BCUT2D eigenvalue weighted by atomic mass is 10.1. The molecule has 1 fully saturated rings. The Bertz CT molecular complexity index is 849. The Morgan fingerprint density at radius 1 is 1.04 bits per heavy atom. The molecule has 9 heteroatoms. The van der Waals surface area contributed by atoms with E-state index >= 15 is 0 Å². The number of rotatable bonds is 3. The van der Waals surface area contributed by atoms with Crippen molar-refractivity contribution in [3.05, 3.63) is 63.1 Å². The van der Waals surface area contributed by atoms with E-state index in [9.17, 15) is 31.1 Å². The molecule has 0 unspecified atom stereocenters. The molecule has 0 atom stereocenters. The van der Waals surface area contributed by atoms with E-state index in [-0.39, 0.29) is 17.2 Å². The molecular weight excluding hydrogens is 350 g/mol. The number of halogens is 6. The van der Waals surface area contributed by atoms with Crippen LogP contribution in [0, 0.1) is 0 Å². The van der Waals surface area contributed by atoms with Crippen molar-refractivity contribution in [2.24, 2.45) is 0 Å². The Labute approximate surface area is 137 Å². The Morgan fingerprint density at radius 2 is 1.72 bits per heavy atom. The van der Waals surface area contributed by atoms with E-state index in [4.69, 9.17) is 0 Å². The molecule has 2 aromatic rings. The molecule has 0 amide bonds. The lowest BCUT2D eigenvalue weighted by Gasteiger charge is -2.13. The van der Waals surface area contributed by atoms with Gasteiger partial charge in [0.1, 0.15) is 5.56 Å². The zero-order chi connectivity index (χ0) is 18.4. The largest absolute Gasteiger partial charge is 0.421 e. The van der Waals surface area contributed by atoms with Gasteiger partial charge in [-0.3, -0.25) is 4.79 Å². The van der Waals surface area contributed by atoms with Gasteiger partial charge in [-0.15, -0.1) is 0 Å². The quantitative estimate of drug-likeness (QED) is 0.767. The van der Waals surface area contributed by atoms with Crippen molar-refractivity contribution in [3.63, 3.8) is 0 Å². The Hall–Kier alpha value is -2.32. The van der Waals surface area contributed by atoms with Crippen LogP contribution in [0.5, 0.6) is 0 Å². The van der Waals surface area contributed by atoms with Gasteiger partial charge >= 0.3 is 12.4 Å². The topological polar surface area (TPSA) is 34.9 Å². The van der Waals surface area contributed by atoms with Crippen LogP contribution in [0.4, 0.5) is 26.3 Å². The fourth-order valence-corrected chi connectivity index (χ4v) is 2.47. The van der Waals surface area contributed by atoms with Crippen molar-refractivity contribution < 1.29 is 26.3 Å². The van der Waals surface area contributed by atoms with Crippen LogP contribution in [0.1, 0.15) is 41.1 Å². The zero-order valence-electron chi connectivity index (χ0n) is 12.7. The molecule has 25 heavy (non-hydrogen) atoms. The average molecular weight is 362 g/mol. The third-order valence-corrected chi connectivity index (χ3v) is 3.88. The summed E-state index contributed by atoms with van der Waals surface area (Å²) < 4.78 is 78.0. The van der Waals surface area contributed by atoms with E-state index in [0.717, 1.165) is 24.3 Å². The lowest BCUT2D eigenvalue weighted by molar-refractivity contribution is -0.139. The maximum atomic E-state index is 13.1. The molecule has 1 aliphatic carbocycles. The summed E-state index contributed by atoms with van der Waals surface area (Å²) in [7, 11) is 0. The maximum absolute atomic E-state index is 13.1. The summed E-state index contributed by atoms with van der Waals surface area (Å²) in [6.07, 6.45) is -8.08. The van der Waals surface area contributed by atoms with Gasteiger partial charge in [0, 0.05) is 5.92 Å². The first kappa shape index (κ1) is 17.5. The number of benzene rings is 1. The smallest absolute Gasteiger partial charge is 0.267 e. The molecule has 0 saturated heterocycles. The highest BCUT2D eigenvalue weighted by atomic mass is 19.4. The molecule has 1 saturated carbocycles. The SMILES string of the molecule is O=c1c(C(F)(F)F)cc(C2CC2)nn1Cc1cccc(C(F)(F)F)c1. The maximum Gasteiger partial charge on any atom is 0.421 e. The molecule has 1 aromatic carbocycles. The normalized spacial score (nSPS) is 15.4. The second-order valence-corrected chi connectivity index (χ2v) is 5.92. The molecule has 0 bridgehead atoms. The van der Waals surface area contributed by atoms with Gasteiger partial charge in [-0.1, -0.05) is 12.1 Å². The van der Waals surface area contributed by atoms with E-state index in [1.165, 1.54) is 6.07 Å². The van der Waals surface area contributed by atoms with Crippen LogP contribution in [0.3, 0.4) is 0 Å². The first-order chi connectivity index (χ1) is 11.6. The van der Waals surface area contributed by atoms with Crippen molar-refractivity contribution in [2.45, 2.75) is 37.7 Å². The first-order valence-corrected chi connectivity index (χ1v) is 7.41. The molecule has 134 valence electrons. The van der Waals surface area contributed by atoms with Gasteiger partial charge in [0.05, 0.1) is 17.8 Å². The fraction of sp³-hybridized carbons (Fsp3) is 0.375. The summed E-state index contributed by atoms with van der Waals surface area (Å²) in [5, 5.41) is 3.92. The van der Waals surface area contributed by atoms with E-state index in [1.807, 2.05) is 0 Å². The van der Waals surface area contributed by atoms with Crippen molar-refractivity contribution in [2.75, 3.05) is 0 Å². The number of alkyl halides is 6. The summed E-state index contributed by atoms with van der Waals surface area (Å²) in [5.41, 5.74) is -3.47. The second kappa shape index (κ2) is 5.89. The van der Waals surface area contributed by atoms with Gasteiger partial charge in [-0.05, 0) is 36.6 Å². The van der Waals surface area contributed by atoms with E-state index < -0.39 is 35.6 Å². The van der Waals surface area contributed by atoms with Crippen molar-refractivity contribution in [3.8, 4) is 0 Å². The molecule has 0 spiro atoms. The third kappa shape index (κ3) is 3.85. The van der Waals surface area contributed by atoms with Crippen LogP contribution >= 0.6 is 0 Å². The van der Waals surface area contributed by atoms with Gasteiger partial charge in [-0.2, -0.15) is 31.4 Å². The number of hydrogen-bond donors (Lipinski definition) is 0. The summed E-state index contributed by atoms with van der Waals surface area (Å²) in [6.45, 7) is -0.466. The average Bonchev–Trinajstić information content (AvgIpc) is 3.32. The third-order valence-electron chi connectivity index (χ3n) is 3.88. The minimum atomic E-state index is -4.85. The van der Waals surface area contributed by atoms with Gasteiger partial charge in [-0.25, -0.2) is 4.68 Å². The van der Waals surface area contributed by atoms with Crippen LogP contribution in [0.15, 0.2) is 35.1 Å². The van der Waals surface area contributed by atoms with Crippen LogP contribution < -0.4 is 5.56 Å². The minimum absolute atomic E-state index is 0.0468. The summed E-state index contributed by atoms with van der Waals surface area (Å²) in [5.74, 6) is -0.144. The van der Waals surface area contributed by atoms with Gasteiger partial charge in [0.2, 0.25) is 0 Å². The van der Waals surface area contributed by atoms with Crippen LogP contribution in [-0.4, -0.2) is 9.78 Å². The molecule has 3 rings (SSSR count). The van der Waals surface area contributed by atoms with Crippen molar-refractivity contribution in [1.82, 2.24) is 9.78 Å². The Morgan fingerprint density at radius 3 is 2.28 bits per heavy atom. The van der Waals surface area contributed by atoms with Crippen LogP contribution in [0.2, 0.25) is 0 Å². The summed E-state index contributed by atoms with van der Waals surface area (Å²) in [4.78, 5) is 12.1. The number of nitrogens with zero attached hydrogens (tertiary/aromatic N) is 2. The zero-order valence-corrected chi connectivity index (χ0v) is 12.7. The predicted octanol–water partition coefficient (Wildman–Crippen LogP) is 4.21. The highest BCUT2D eigenvalue weighted by Gasteiger charge is 2.37. The van der Waals surface area contributed by atoms with Crippen LogP contribution in [-0.2, 0) is 18.9 Å². The lowest BCUT2D eigenvalue weighted by Crippen LogP contribution is -2.31. The molecule has 1 heterocycles. The molecule has 0 aliphatic heterocycles. The molecule has 1 aromatic heterocycles.